The van der Waals surface area contributed by atoms with Crippen LogP contribution in [-0.4, -0.2) is 63.2 Å². The third-order valence-electron chi connectivity index (χ3n) is 5.15. The molecule has 3 rings (SSSR count). The second kappa shape index (κ2) is 11.1. The number of nitrogens with zero attached hydrogens (tertiary/aromatic N) is 2. The zero-order valence-corrected chi connectivity index (χ0v) is 21.0. The second-order valence-corrected chi connectivity index (χ2v) is 8.91. The molecular weight excluding hydrogens is 453 g/mol. The zero-order valence-electron chi connectivity index (χ0n) is 17.4. The van der Waals surface area contributed by atoms with Crippen molar-refractivity contribution in [2.75, 3.05) is 13.2 Å². The average molecular weight is 476 g/mol. The number of aliphatic hydroxyl groups is 2. The molecule has 4 atom stereocenters. The molecule has 1 fully saturated rings. The summed E-state index contributed by atoms with van der Waals surface area (Å²) in [6.07, 6.45) is 1.24. The molecule has 3 N–H and O–H groups in total. The van der Waals surface area contributed by atoms with Crippen molar-refractivity contribution in [2.45, 2.75) is 32.4 Å². The van der Waals surface area contributed by atoms with E-state index >= 15 is 0 Å². The Hall–Kier alpha value is -1.21. The largest absolute Gasteiger partial charge is 1.00 e. The van der Waals surface area contributed by atoms with Gasteiger partial charge in [0.05, 0.1) is 40.1 Å². The number of hydrogen-bond donors (Lipinski definition) is 3. The number of carbonyl (C=O) groups excluding carboxylic acids is 3. The van der Waals surface area contributed by atoms with Crippen LogP contribution in [0.5, 0.6) is 0 Å². The average Bonchev–Trinajstić information content (AvgIpc) is 3.23. The molecule has 162 valence electrons. The molecule has 1 aromatic rings. The molecule has 0 radical (unpaired) electrons. The van der Waals surface area contributed by atoms with Crippen molar-refractivity contribution in [1.82, 2.24) is 15.2 Å². The molecule has 3 heterocycles. The summed E-state index contributed by atoms with van der Waals surface area (Å²) in [6, 6.07) is -0.405. The molecule has 2 aliphatic heterocycles. The maximum Gasteiger partial charge on any atom is 1.00 e. The van der Waals surface area contributed by atoms with Gasteiger partial charge in [0.1, 0.15) is 5.69 Å². The van der Waals surface area contributed by atoms with Gasteiger partial charge in [-0.3, -0.25) is 9.59 Å². The van der Waals surface area contributed by atoms with Gasteiger partial charge in [0.25, 0.3) is 5.91 Å². The Bertz CT molecular complexity index is 916. The molecular formula is C19H22N3NaO6S2. The van der Waals surface area contributed by atoms with Crippen molar-refractivity contribution in [2.24, 2.45) is 11.8 Å². The topological polar surface area (TPSA) is 143 Å². The number of carboxylic acid groups (broad SMARTS) is 1. The van der Waals surface area contributed by atoms with E-state index in [1.165, 1.54) is 28.7 Å². The number of amides is 2. The summed E-state index contributed by atoms with van der Waals surface area (Å²) >= 11 is 2.41. The summed E-state index contributed by atoms with van der Waals surface area (Å²) in [6.45, 7) is 3.65. The molecule has 1 aromatic heterocycles. The van der Waals surface area contributed by atoms with Crippen molar-refractivity contribution in [3.05, 3.63) is 32.1 Å². The number of rotatable bonds is 9. The Morgan fingerprint density at radius 3 is 2.81 bits per heavy atom. The first kappa shape index (κ1) is 26.0. The molecule has 0 aromatic carbocycles. The minimum absolute atomic E-state index is 0. The summed E-state index contributed by atoms with van der Waals surface area (Å²) in [7, 11) is 0. The van der Waals surface area contributed by atoms with Crippen LogP contribution in [0.2, 0.25) is 0 Å². The van der Waals surface area contributed by atoms with Gasteiger partial charge in [-0.25, -0.2) is 4.98 Å². The summed E-state index contributed by atoms with van der Waals surface area (Å²) in [5.74, 6) is -3.10. The number of aliphatic carboxylic acids is 1. The number of hydrogen-bond acceptors (Lipinski definition) is 9. The normalized spacial score (nSPS) is 23.4. The molecule has 0 saturated carbocycles. The van der Waals surface area contributed by atoms with E-state index in [9.17, 15) is 24.6 Å². The minimum atomic E-state index is -1.43. The van der Waals surface area contributed by atoms with E-state index in [4.69, 9.17) is 5.11 Å². The molecule has 0 bridgehead atoms. The Morgan fingerprint density at radius 1 is 1.48 bits per heavy atom. The van der Waals surface area contributed by atoms with E-state index in [0.29, 0.717) is 22.7 Å². The van der Waals surface area contributed by atoms with Gasteiger partial charge in [0, 0.05) is 24.0 Å². The van der Waals surface area contributed by atoms with Crippen LogP contribution in [0.4, 0.5) is 0 Å². The fraction of sp³-hybridized carbons (Fsp3) is 0.474. The monoisotopic (exact) mass is 475 g/mol. The first-order valence-corrected chi connectivity index (χ1v) is 11.2. The molecule has 2 aliphatic rings. The van der Waals surface area contributed by atoms with E-state index in [0.717, 1.165) is 11.8 Å². The van der Waals surface area contributed by atoms with E-state index < -0.39 is 29.9 Å². The SMILES string of the molecule is C[C@@H](O)[C@H]1C(=O)N2C(C(=O)[O-])=C(S/C=C\c3scnc3C(=O)NCCCO)[C@H](C)[C@H]12.[Na+]. The van der Waals surface area contributed by atoms with Crippen LogP contribution in [-0.2, 0) is 9.59 Å². The second-order valence-electron chi connectivity index (χ2n) is 7.07. The van der Waals surface area contributed by atoms with Crippen LogP contribution in [0, 0.1) is 11.8 Å². The van der Waals surface area contributed by atoms with Crippen LogP contribution >= 0.6 is 23.1 Å². The third kappa shape index (κ3) is 5.08. The van der Waals surface area contributed by atoms with E-state index in [2.05, 4.69) is 10.3 Å². The van der Waals surface area contributed by atoms with Crippen molar-refractivity contribution in [3.63, 3.8) is 0 Å². The number of β-lactam (4-membered cyclic amide) rings is 1. The smallest absolute Gasteiger partial charge is 0.543 e. The Kier molecular flexibility index (Phi) is 9.31. The van der Waals surface area contributed by atoms with E-state index in [1.807, 2.05) is 6.92 Å². The predicted octanol–water partition coefficient (Wildman–Crippen LogP) is -3.22. The maximum absolute atomic E-state index is 12.3. The molecule has 9 nitrogen and oxygen atoms in total. The minimum Gasteiger partial charge on any atom is -0.543 e. The van der Waals surface area contributed by atoms with Crippen LogP contribution in [0.3, 0.4) is 0 Å². The summed E-state index contributed by atoms with van der Waals surface area (Å²) in [4.78, 5) is 42.6. The number of nitrogens with one attached hydrogen (secondary N) is 1. The quantitative estimate of drug-likeness (QED) is 0.192. The standard InChI is InChI=1S/C19H23N3O6S2.Na/c1-9-14-12(10(2)24)18(26)22(14)15(19(27)28)16(9)29-7-4-11-13(21-8-30-11)17(25)20-5-3-6-23;/h4,7-10,12,14,23-24H,3,5-6H2,1-2H3,(H,20,25)(H,27,28);/q;+1/p-1/b7-4-;/t9-,10-,12-,14-;/m1./s1. The maximum atomic E-state index is 12.3. The van der Waals surface area contributed by atoms with Crippen molar-refractivity contribution in [1.29, 1.82) is 0 Å². The first-order valence-electron chi connectivity index (χ1n) is 9.42. The van der Waals surface area contributed by atoms with E-state index in [-0.39, 0.29) is 59.4 Å². The molecule has 0 spiro atoms. The Labute approximate surface area is 209 Å². The van der Waals surface area contributed by atoms with Crippen molar-refractivity contribution < 1.29 is 59.3 Å². The van der Waals surface area contributed by atoms with Gasteiger partial charge in [-0.05, 0) is 24.8 Å². The summed E-state index contributed by atoms with van der Waals surface area (Å²) in [5, 5.41) is 34.7. The van der Waals surface area contributed by atoms with Gasteiger partial charge >= 0.3 is 29.6 Å². The fourth-order valence-corrected chi connectivity index (χ4v) is 5.51. The molecule has 1 saturated heterocycles. The molecule has 0 unspecified atom stereocenters. The number of thioether (sulfide) groups is 1. The van der Waals surface area contributed by atoms with Gasteiger partial charge in [0.2, 0.25) is 5.91 Å². The predicted molar refractivity (Wildman–Crippen MR) is 110 cm³/mol. The number of thiazole rings is 1. The first-order chi connectivity index (χ1) is 14.3. The summed E-state index contributed by atoms with van der Waals surface area (Å²) < 4.78 is 0. The van der Waals surface area contributed by atoms with Gasteiger partial charge in [-0.2, -0.15) is 0 Å². The van der Waals surface area contributed by atoms with Crippen LogP contribution in [0.25, 0.3) is 6.08 Å². The number of carboxylic acids is 1. The number of fused-ring (bicyclic) bond motifs is 1. The van der Waals surface area contributed by atoms with Crippen LogP contribution in [0.15, 0.2) is 21.5 Å². The number of aliphatic hydroxyl groups excluding tert-OH is 2. The van der Waals surface area contributed by atoms with Crippen molar-refractivity contribution in [3.8, 4) is 0 Å². The van der Waals surface area contributed by atoms with Gasteiger partial charge in [-0.15, -0.1) is 11.3 Å². The number of aromatic nitrogens is 1. The van der Waals surface area contributed by atoms with Crippen LogP contribution < -0.4 is 40.0 Å². The number of carbonyl (C=O) groups is 3. The third-order valence-corrected chi connectivity index (χ3v) is 7.03. The van der Waals surface area contributed by atoms with Crippen LogP contribution in [0.1, 0.15) is 35.6 Å². The molecule has 0 aliphatic carbocycles. The molecule has 12 heteroatoms. The van der Waals surface area contributed by atoms with E-state index in [1.54, 1.807) is 11.5 Å². The molecule has 31 heavy (non-hydrogen) atoms. The Morgan fingerprint density at radius 2 is 2.19 bits per heavy atom. The Balaban J connectivity index is 0.00000341. The zero-order chi connectivity index (χ0) is 22.0. The molecule has 2 amide bonds. The fourth-order valence-electron chi connectivity index (χ4n) is 3.75. The van der Waals surface area contributed by atoms with Gasteiger partial charge in [-0.1, -0.05) is 18.7 Å². The van der Waals surface area contributed by atoms with Gasteiger partial charge < -0.3 is 30.3 Å². The summed E-state index contributed by atoms with van der Waals surface area (Å²) in [5.41, 5.74) is 1.62. The van der Waals surface area contributed by atoms with Crippen molar-refractivity contribution >= 4 is 47.0 Å². The van der Waals surface area contributed by atoms with Gasteiger partial charge in [0.15, 0.2) is 0 Å².